The van der Waals surface area contributed by atoms with E-state index in [9.17, 15) is 4.79 Å². The predicted octanol–water partition coefficient (Wildman–Crippen LogP) is 2.19. The van der Waals surface area contributed by atoms with E-state index in [0.29, 0.717) is 6.42 Å². The van der Waals surface area contributed by atoms with Gasteiger partial charge in [0.25, 0.3) is 0 Å². The first-order chi connectivity index (χ1) is 11.3. The van der Waals surface area contributed by atoms with Gasteiger partial charge in [-0.25, -0.2) is 0 Å². The fourth-order valence-electron chi connectivity index (χ4n) is 3.46. The number of aromatic nitrogens is 2. The molecule has 3 rings (SSSR count). The molecule has 0 spiro atoms. The van der Waals surface area contributed by atoms with Gasteiger partial charge in [-0.1, -0.05) is 39.0 Å². The maximum absolute atomic E-state index is 12.7. The molecule has 1 amide bonds. The SMILES string of the molecule is CN1CCN(C(=O)Cc2nn(C)c3c(C(C)(C)C)cccc23)CC1. The zero-order chi connectivity index (χ0) is 17.5. The van der Waals surface area contributed by atoms with Crippen LogP contribution in [0.3, 0.4) is 0 Å². The minimum atomic E-state index is 0.0477. The molecule has 5 heteroatoms. The number of fused-ring (bicyclic) bond motifs is 1. The lowest BCUT2D eigenvalue weighted by atomic mass is 9.85. The highest BCUT2D eigenvalue weighted by molar-refractivity contribution is 5.90. The monoisotopic (exact) mass is 328 g/mol. The molecule has 0 N–H and O–H groups in total. The van der Waals surface area contributed by atoms with Crippen molar-refractivity contribution in [2.24, 2.45) is 7.05 Å². The van der Waals surface area contributed by atoms with Crippen molar-refractivity contribution in [2.75, 3.05) is 33.2 Å². The lowest BCUT2D eigenvalue weighted by Crippen LogP contribution is -2.47. The number of likely N-dealkylation sites (N-methyl/N-ethyl adjacent to an activating group) is 1. The first kappa shape index (κ1) is 17.0. The van der Waals surface area contributed by atoms with Gasteiger partial charge in [-0.05, 0) is 18.0 Å². The molecule has 0 saturated carbocycles. The number of nitrogens with zero attached hydrogens (tertiary/aromatic N) is 4. The molecule has 2 heterocycles. The quantitative estimate of drug-likeness (QED) is 0.848. The van der Waals surface area contributed by atoms with Gasteiger partial charge in [-0.2, -0.15) is 5.10 Å². The van der Waals surface area contributed by atoms with Gasteiger partial charge in [0, 0.05) is 38.6 Å². The molecular weight excluding hydrogens is 300 g/mol. The smallest absolute Gasteiger partial charge is 0.228 e. The molecule has 1 saturated heterocycles. The van der Waals surface area contributed by atoms with Crippen LogP contribution in [0.1, 0.15) is 32.0 Å². The van der Waals surface area contributed by atoms with Crippen LogP contribution in [0.25, 0.3) is 10.9 Å². The number of hydrogen-bond donors (Lipinski definition) is 0. The Bertz CT molecular complexity index is 749. The van der Waals surface area contributed by atoms with Gasteiger partial charge in [-0.3, -0.25) is 9.48 Å². The van der Waals surface area contributed by atoms with E-state index in [4.69, 9.17) is 0 Å². The average molecular weight is 328 g/mol. The molecule has 0 atom stereocenters. The van der Waals surface area contributed by atoms with Crippen LogP contribution in [0.15, 0.2) is 18.2 Å². The second-order valence-corrected chi connectivity index (χ2v) is 7.88. The van der Waals surface area contributed by atoms with Crippen LogP contribution in [0.2, 0.25) is 0 Å². The first-order valence-electron chi connectivity index (χ1n) is 8.69. The Morgan fingerprint density at radius 2 is 1.79 bits per heavy atom. The summed E-state index contributed by atoms with van der Waals surface area (Å²) in [5.74, 6) is 0.185. The largest absolute Gasteiger partial charge is 0.340 e. The summed E-state index contributed by atoms with van der Waals surface area (Å²) in [6, 6.07) is 6.33. The lowest BCUT2D eigenvalue weighted by molar-refractivity contribution is -0.132. The van der Waals surface area contributed by atoms with Crippen molar-refractivity contribution < 1.29 is 4.79 Å². The Morgan fingerprint density at radius 3 is 2.42 bits per heavy atom. The Labute approximate surface area is 144 Å². The third-order valence-electron chi connectivity index (χ3n) is 4.92. The Hall–Kier alpha value is -1.88. The molecule has 1 aromatic carbocycles. The number of carbonyl (C=O) groups is 1. The molecule has 1 aromatic heterocycles. The fraction of sp³-hybridized carbons (Fsp3) is 0.579. The molecule has 0 unspecified atom stereocenters. The number of rotatable bonds is 2. The van der Waals surface area contributed by atoms with E-state index in [1.54, 1.807) is 0 Å². The van der Waals surface area contributed by atoms with E-state index in [1.807, 2.05) is 16.6 Å². The van der Waals surface area contributed by atoms with Gasteiger partial charge in [0.2, 0.25) is 5.91 Å². The van der Waals surface area contributed by atoms with Gasteiger partial charge in [-0.15, -0.1) is 0 Å². The summed E-state index contributed by atoms with van der Waals surface area (Å²) in [7, 11) is 4.07. The van der Waals surface area contributed by atoms with Gasteiger partial charge < -0.3 is 9.80 Å². The number of hydrogen-bond acceptors (Lipinski definition) is 3. The van der Waals surface area contributed by atoms with Crippen molar-refractivity contribution >= 4 is 16.8 Å². The van der Waals surface area contributed by atoms with Crippen LogP contribution < -0.4 is 0 Å². The highest BCUT2D eigenvalue weighted by atomic mass is 16.2. The van der Waals surface area contributed by atoms with Gasteiger partial charge in [0.15, 0.2) is 0 Å². The van der Waals surface area contributed by atoms with Crippen LogP contribution in [0, 0.1) is 0 Å². The standard InChI is InChI=1S/C19H28N4O/c1-19(2,3)15-8-6-7-14-16(20-22(5)18(14)15)13-17(24)23-11-9-21(4)10-12-23/h6-8H,9-13H2,1-5H3. The van der Waals surface area contributed by atoms with Gasteiger partial charge in [0.05, 0.1) is 17.6 Å². The number of carbonyl (C=O) groups excluding carboxylic acids is 1. The molecule has 1 fully saturated rings. The fourth-order valence-corrected chi connectivity index (χ4v) is 3.46. The summed E-state index contributed by atoms with van der Waals surface area (Å²) in [6.45, 7) is 10.2. The van der Waals surface area contributed by atoms with Crippen molar-refractivity contribution in [1.82, 2.24) is 19.6 Å². The third-order valence-corrected chi connectivity index (χ3v) is 4.92. The summed E-state index contributed by atoms with van der Waals surface area (Å²) in [5, 5.41) is 5.78. The van der Waals surface area contributed by atoms with Crippen LogP contribution >= 0.6 is 0 Å². The highest BCUT2D eigenvalue weighted by Crippen LogP contribution is 2.31. The van der Waals surface area contributed by atoms with E-state index in [-0.39, 0.29) is 11.3 Å². The van der Waals surface area contributed by atoms with Crippen molar-refractivity contribution in [2.45, 2.75) is 32.6 Å². The highest BCUT2D eigenvalue weighted by Gasteiger charge is 2.24. The summed E-state index contributed by atoms with van der Waals surface area (Å²) in [5.41, 5.74) is 3.36. The number of piperazine rings is 1. The summed E-state index contributed by atoms with van der Waals surface area (Å²) < 4.78 is 1.93. The normalized spacial score (nSPS) is 16.8. The van der Waals surface area contributed by atoms with Crippen LogP contribution in [0.5, 0.6) is 0 Å². The zero-order valence-corrected chi connectivity index (χ0v) is 15.5. The van der Waals surface area contributed by atoms with Gasteiger partial charge >= 0.3 is 0 Å². The maximum Gasteiger partial charge on any atom is 0.228 e. The molecule has 0 aliphatic carbocycles. The predicted molar refractivity (Wildman–Crippen MR) is 97.2 cm³/mol. The van der Waals surface area contributed by atoms with Gasteiger partial charge in [0.1, 0.15) is 0 Å². The topological polar surface area (TPSA) is 41.4 Å². The van der Waals surface area contributed by atoms with E-state index < -0.39 is 0 Å². The molecule has 1 aliphatic heterocycles. The van der Waals surface area contributed by atoms with E-state index in [0.717, 1.165) is 42.8 Å². The molecule has 0 radical (unpaired) electrons. The second kappa shape index (κ2) is 6.20. The summed E-state index contributed by atoms with van der Waals surface area (Å²) in [6.07, 6.45) is 0.384. The van der Waals surface area contributed by atoms with Crippen molar-refractivity contribution in [3.63, 3.8) is 0 Å². The molecule has 5 nitrogen and oxygen atoms in total. The van der Waals surface area contributed by atoms with Crippen molar-refractivity contribution in [3.8, 4) is 0 Å². The molecule has 24 heavy (non-hydrogen) atoms. The molecule has 1 aliphatic rings. The van der Waals surface area contributed by atoms with E-state index >= 15 is 0 Å². The molecule has 130 valence electrons. The van der Waals surface area contributed by atoms with E-state index in [1.165, 1.54) is 5.56 Å². The maximum atomic E-state index is 12.7. The molecular formula is C19H28N4O. The number of aryl methyl sites for hydroxylation is 1. The Balaban J connectivity index is 1.90. The second-order valence-electron chi connectivity index (χ2n) is 7.88. The van der Waals surface area contributed by atoms with Crippen LogP contribution in [-0.2, 0) is 23.7 Å². The third kappa shape index (κ3) is 3.18. The zero-order valence-electron chi connectivity index (χ0n) is 15.5. The van der Waals surface area contributed by atoms with Crippen molar-refractivity contribution in [3.05, 3.63) is 29.5 Å². The Kier molecular flexibility index (Phi) is 4.38. The molecule has 2 aromatic rings. The molecule has 0 bridgehead atoms. The summed E-state index contributed by atoms with van der Waals surface area (Å²) in [4.78, 5) is 16.9. The minimum Gasteiger partial charge on any atom is -0.340 e. The first-order valence-corrected chi connectivity index (χ1v) is 8.69. The summed E-state index contributed by atoms with van der Waals surface area (Å²) >= 11 is 0. The van der Waals surface area contributed by atoms with Crippen molar-refractivity contribution in [1.29, 1.82) is 0 Å². The Morgan fingerprint density at radius 1 is 1.12 bits per heavy atom. The minimum absolute atomic E-state index is 0.0477. The van der Waals surface area contributed by atoms with E-state index in [2.05, 4.69) is 56.0 Å². The lowest BCUT2D eigenvalue weighted by Gasteiger charge is -2.32. The van der Waals surface area contributed by atoms with Crippen LogP contribution in [-0.4, -0.2) is 58.7 Å². The number of amides is 1. The number of benzene rings is 1. The van der Waals surface area contributed by atoms with Crippen LogP contribution in [0.4, 0.5) is 0 Å². The number of para-hydroxylation sites is 1. The average Bonchev–Trinajstić information content (AvgIpc) is 2.83.